The molecule has 2 aliphatic heterocycles. The summed E-state index contributed by atoms with van der Waals surface area (Å²) < 4.78 is 39.5. The Kier molecular flexibility index (Phi) is 3.49. The van der Waals surface area contributed by atoms with Crippen LogP contribution in [0.1, 0.15) is 24.0 Å². The molecule has 2 aliphatic rings. The van der Waals surface area contributed by atoms with Crippen molar-refractivity contribution in [3.63, 3.8) is 0 Å². The Balaban J connectivity index is 2.13. The molecule has 1 unspecified atom stereocenters. The number of hydrogen-bond donors (Lipinski definition) is 1. The molecule has 1 amide bonds. The second-order valence-corrected chi connectivity index (χ2v) is 5.25. The topological polar surface area (TPSA) is 32.3 Å². The van der Waals surface area contributed by atoms with Crippen LogP contribution < -0.4 is 10.2 Å². The third-order valence-electron chi connectivity index (χ3n) is 3.89. The third-order valence-corrected chi connectivity index (χ3v) is 3.89. The zero-order valence-corrected chi connectivity index (χ0v) is 11.3. The van der Waals surface area contributed by atoms with E-state index in [4.69, 9.17) is 0 Å². The number of halogens is 3. The highest BCUT2D eigenvalue weighted by Crippen LogP contribution is 2.39. The Hall–Kier alpha value is -1.82. The van der Waals surface area contributed by atoms with Gasteiger partial charge < -0.3 is 10.2 Å². The van der Waals surface area contributed by atoms with Gasteiger partial charge in [0.05, 0.1) is 17.3 Å². The summed E-state index contributed by atoms with van der Waals surface area (Å²) in [5, 5.41) is 3.15. The number of nitrogens with zero attached hydrogens (tertiary/aromatic N) is 1. The van der Waals surface area contributed by atoms with E-state index in [1.807, 2.05) is 0 Å². The molecule has 1 atom stereocenters. The Morgan fingerprint density at radius 2 is 2.10 bits per heavy atom. The van der Waals surface area contributed by atoms with Gasteiger partial charge in [0.15, 0.2) is 0 Å². The van der Waals surface area contributed by atoms with Gasteiger partial charge in [0.2, 0.25) is 5.91 Å². The van der Waals surface area contributed by atoms with Crippen LogP contribution in [0.4, 0.5) is 18.9 Å². The van der Waals surface area contributed by atoms with Gasteiger partial charge in [-0.05, 0) is 25.1 Å². The van der Waals surface area contributed by atoms with Crippen LogP contribution >= 0.6 is 0 Å². The number of anilines is 1. The summed E-state index contributed by atoms with van der Waals surface area (Å²) in [6.07, 6.45) is -0.621. The minimum atomic E-state index is -4.43. The number of benzene rings is 1. The van der Waals surface area contributed by atoms with Gasteiger partial charge in [-0.15, -0.1) is 0 Å². The van der Waals surface area contributed by atoms with E-state index in [-0.39, 0.29) is 23.9 Å². The summed E-state index contributed by atoms with van der Waals surface area (Å²) in [6.45, 7) is 1.39. The Labute approximate surface area is 120 Å². The maximum atomic E-state index is 13.2. The van der Waals surface area contributed by atoms with Gasteiger partial charge in [-0.2, -0.15) is 13.2 Å². The standard InChI is InChI=1S/C15H15F3N2O/c16-15(17,18)12-4-2-5-13-11(12)3-1-6-14(21)20(13)10-7-8-19-9-10/h1-5,10,19H,6-9H2. The van der Waals surface area contributed by atoms with Gasteiger partial charge in [-0.1, -0.05) is 18.2 Å². The number of carbonyl (C=O) groups is 1. The summed E-state index contributed by atoms with van der Waals surface area (Å²) >= 11 is 0. The Morgan fingerprint density at radius 1 is 1.29 bits per heavy atom. The zero-order chi connectivity index (χ0) is 15.0. The van der Waals surface area contributed by atoms with Crippen LogP contribution in [-0.2, 0) is 11.0 Å². The maximum Gasteiger partial charge on any atom is 0.417 e. The lowest BCUT2D eigenvalue weighted by Crippen LogP contribution is -2.41. The molecule has 3 nitrogen and oxygen atoms in total. The molecule has 21 heavy (non-hydrogen) atoms. The smallest absolute Gasteiger partial charge is 0.315 e. The monoisotopic (exact) mass is 296 g/mol. The van der Waals surface area contributed by atoms with Crippen molar-refractivity contribution in [2.75, 3.05) is 18.0 Å². The van der Waals surface area contributed by atoms with E-state index in [2.05, 4.69) is 5.32 Å². The first-order valence-corrected chi connectivity index (χ1v) is 6.88. The average molecular weight is 296 g/mol. The molecule has 0 bridgehead atoms. The fourth-order valence-electron chi connectivity index (χ4n) is 2.96. The lowest BCUT2D eigenvalue weighted by molar-refractivity contribution is -0.137. The molecule has 1 fully saturated rings. The molecule has 0 saturated carbocycles. The quantitative estimate of drug-likeness (QED) is 0.864. The Bertz CT molecular complexity index is 589. The number of hydrogen-bond acceptors (Lipinski definition) is 2. The van der Waals surface area contributed by atoms with E-state index in [1.165, 1.54) is 23.1 Å². The minimum Gasteiger partial charge on any atom is -0.315 e. The van der Waals surface area contributed by atoms with Gasteiger partial charge in [0.1, 0.15) is 0 Å². The maximum absolute atomic E-state index is 13.2. The highest BCUT2D eigenvalue weighted by Gasteiger charge is 2.37. The molecule has 2 heterocycles. The van der Waals surface area contributed by atoms with Crippen LogP contribution in [0.15, 0.2) is 24.3 Å². The fourth-order valence-corrected chi connectivity index (χ4v) is 2.96. The molecule has 3 rings (SSSR count). The van der Waals surface area contributed by atoms with Crippen molar-refractivity contribution < 1.29 is 18.0 Å². The molecule has 0 aliphatic carbocycles. The number of carbonyl (C=O) groups excluding carboxylic acids is 1. The number of fused-ring (bicyclic) bond motifs is 1. The van der Waals surface area contributed by atoms with E-state index in [1.54, 1.807) is 6.07 Å². The average Bonchev–Trinajstić information content (AvgIpc) is 2.87. The van der Waals surface area contributed by atoms with E-state index in [0.29, 0.717) is 12.2 Å². The second-order valence-electron chi connectivity index (χ2n) is 5.25. The normalized spacial score (nSPS) is 22.3. The molecule has 1 aromatic carbocycles. The van der Waals surface area contributed by atoms with Crippen molar-refractivity contribution in [1.82, 2.24) is 5.32 Å². The summed E-state index contributed by atoms with van der Waals surface area (Å²) in [5.74, 6) is -0.155. The van der Waals surface area contributed by atoms with Crippen molar-refractivity contribution in [1.29, 1.82) is 0 Å². The molecule has 112 valence electrons. The van der Waals surface area contributed by atoms with Crippen molar-refractivity contribution in [3.05, 3.63) is 35.4 Å². The first-order valence-electron chi connectivity index (χ1n) is 6.88. The van der Waals surface area contributed by atoms with Crippen molar-refractivity contribution in [2.45, 2.75) is 25.1 Å². The summed E-state index contributed by atoms with van der Waals surface area (Å²) in [6, 6.07) is 3.93. The molecule has 1 saturated heterocycles. The minimum absolute atomic E-state index is 0.0837. The SMILES string of the molecule is O=C1CC=Cc2c(cccc2C(F)(F)F)N1C1CCNC1. The van der Waals surface area contributed by atoms with Crippen LogP contribution in [0, 0.1) is 0 Å². The largest absolute Gasteiger partial charge is 0.417 e. The van der Waals surface area contributed by atoms with Gasteiger partial charge >= 0.3 is 6.18 Å². The van der Waals surface area contributed by atoms with Crippen molar-refractivity contribution in [3.8, 4) is 0 Å². The number of rotatable bonds is 1. The van der Waals surface area contributed by atoms with Gasteiger partial charge in [-0.3, -0.25) is 4.79 Å². The number of nitrogens with one attached hydrogen (secondary N) is 1. The summed E-state index contributed by atoms with van der Waals surface area (Å²) in [5.41, 5.74) is -0.248. The van der Waals surface area contributed by atoms with E-state index >= 15 is 0 Å². The van der Waals surface area contributed by atoms with Gasteiger partial charge in [0, 0.05) is 18.5 Å². The first kappa shape index (κ1) is 14.1. The van der Waals surface area contributed by atoms with Gasteiger partial charge in [-0.25, -0.2) is 0 Å². The number of alkyl halides is 3. The molecule has 1 N–H and O–H groups in total. The molecule has 0 spiro atoms. The molecule has 0 radical (unpaired) electrons. The Morgan fingerprint density at radius 3 is 2.76 bits per heavy atom. The van der Waals surface area contributed by atoms with Crippen LogP contribution in [-0.4, -0.2) is 25.0 Å². The molecule has 6 heteroatoms. The second kappa shape index (κ2) is 5.18. The lowest BCUT2D eigenvalue weighted by Gasteiger charge is -2.29. The van der Waals surface area contributed by atoms with Crippen molar-refractivity contribution >= 4 is 17.7 Å². The molecular weight excluding hydrogens is 281 g/mol. The van der Waals surface area contributed by atoms with Crippen LogP contribution in [0.3, 0.4) is 0 Å². The fraction of sp³-hybridized carbons (Fsp3) is 0.400. The zero-order valence-electron chi connectivity index (χ0n) is 11.3. The first-order chi connectivity index (χ1) is 9.98. The third kappa shape index (κ3) is 2.55. The van der Waals surface area contributed by atoms with Crippen LogP contribution in [0.2, 0.25) is 0 Å². The van der Waals surface area contributed by atoms with Crippen molar-refractivity contribution in [2.24, 2.45) is 0 Å². The molecule has 1 aromatic rings. The highest BCUT2D eigenvalue weighted by atomic mass is 19.4. The molecule has 0 aromatic heterocycles. The predicted molar refractivity (Wildman–Crippen MR) is 73.9 cm³/mol. The molecular formula is C15H15F3N2O. The lowest BCUT2D eigenvalue weighted by atomic mass is 10.0. The summed E-state index contributed by atoms with van der Waals surface area (Å²) in [7, 11) is 0. The van der Waals surface area contributed by atoms with Gasteiger partial charge in [0.25, 0.3) is 0 Å². The van der Waals surface area contributed by atoms with Crippen LogP contribution in [0.5, 0.6) is 0 Å². The highest BCUT2D eigenvalue weighted by molar-refractivity contribution is 5.99. The van der Waals surface area contributed by atoms with E-state index in [9.17, 15) is 18.0 Å². The number of amides is 1. The van der Waals surface area contributed by atoms with E-state index in [0.717, 1.165) is 19.0 Å². The van der Waals surface area contributed by atoms with E-state index < -0.39 is 11.7 Å². The van der Waals surface area contributed by atoms with Crippen LogP contribution in [0.25, 0.3) is 6.08 Å². The predicted octanol–water partition coefficient (Wildman–Crippen LogP) is 2.82. The summed E-state index contributed by atoms with van der Waals surface area (Å²) in [4.78, 5) is 13.8.